The van der Waals surface area contributed by atoms with Gasteiger partial charge in [-0.25, -0.2) is 9.37 Å². The van der Waals surface area contributed by atoms with Crippen molar-refractivity contribution in [3.05, 3.63) is 53.1 Å². The number of carbonyl (C=O) groups is 1. The third-order valence-electron chi connectivity index (χ3n) is 4.70. The third kappa shape index (κ3) is 3.61. The molecular weight excluding hydrogens is 349 g/mol. The maximum atomic E-state index is 14.5. The summed E-state index contributed by atoms with van der Waals surface area (Å²) in [5, 5.41) is 10.6. The monoisotopic (exact) mass is 369 g/mol. The number of aryl methyl sites for hydroxylation is 1. The van der Waals surface area contributed by atoms with Crippen LogP contribution < -0.4 is 15.5 Å². The molecule has 0 unspecified atom stereocenters. The first-order valence-corrected chi connectivity index (χ1v) is 8.86. The molecule has 0 atom stereocenters. The molecular formula is C19H20FN5O2. The van der Waals surface area contributed by atoms with E-state index in [9.17, 15) is 9.18 Å². The van der Waals surface area contributed by atoms with Gasteiger partial charge in [0.05, 0.1) is 22.3 Å². The van der Waals surface area contributed by atoms with Gasteiger partial charge in [0, 0.05) is 38.9 Å². The van der Waals surface area contributed by atoms with Gasteiger partial charge in [0.25, 0.3) is 11.6 Å². The van der Waals surface area contributed by atoms with Gasteiger partial charge >= 0.3 is 0 Å². The van der Waals surface area contributed by atoms with E-state index in [0.29, 0.717) is 33.6 Å². The van der Waals surface area contributed by atoms with Crippen molar-refractivity contribution in [3.63, 3.8) is 0 Å². The molecule has 0 radical (unpaired) electrons. The minimum Gasteiger partial charge on any atom is -0.367 e. The summed E-state index contributed by atoms with van der Waals surface area (Å²) in [5.74, 6) is -0.552. The Balaban J connectivity index is 1.43. The molecule has 2 N–H and O–H groups in total. The second-order valence-corrected chi connectivity index (χ2v) is 6.55. The highest BCUT2D eigenvalue weighted by Crippen LogP contribution is 2.21. The van der Waals surface area contributed by atoms with Crippen LogP contribution in [0.1, 0.15) is 21.6 Å². The average Bonchev–Trinajstić information content (AvgIpc) is 3.07. The molecule has 140 valence electrons. The molecule has 7 nitrogen and oxygen atoms in total. The first kappa shape index (κ1) is 17.4. The highest BCUT2D eigenvalue weighted by molar-refractivity contribution is 5.96. The highest BCUT2D eigenvalue weighted by atomic mass is 19.1. The van der Waals surface area contributed by atoms with Gasteiger partial charge in [-0.1, -0.05) is 11.2 Å². The van der Waals surface area contributed by atoms with Crippen molar-refractivity contribution >= 4 is 22.7 Å². The van der Waals surface area contributed by atoms with Gasteiger partial charge in [-0.15, -0.1) is 0 Å². The number of carbonyl (C=O) groups excluding carboxylic acids is 1. The van der Waals surface area contributed by atoms with Crippen LogP contribution in [0.15, 0.2) is 35.0 Å². The van der Waals surface area contributed by atoms with E-state index in [0.717, 1.165) is 26.2 Å². The van der Waals surface area contributed by atoms with Crippen LogP contribution in [0, 0.1) is 12.7 Å². The van der Waals surface area contributed by atoms with Crippen LogP contribution in [0.3, 0.4) is 0 Å². The molecule has 1 aliphatic rings. The topological polar surface area (TPSA) is 83.3 Å². The maximum absolute atomic E-state index is 14.5. The largest absolute Gasteiger partial charge is 0.367 e. The fraction of sp³-hybridized carbons (Fsp3) is 0.316. The number of benzene rings is 1. The normalized spacial score (nSPS) is 14.5. The van der Waals surface area contributed by atoms with E-state index in [1.54, 1.807) is 19.1 Å². The number of rotatable bonds is 4. The molecule has 4 rings (SSSR count). The summed E-state index contributed by atoms with van der Waals surface area (Å²) >= 11 is 0. The lowest BCUT2D eigenvalue weighted by molar-refractivity contribution is 0.0950. The van der Waals surface area contributed by atoms with E-state index >= 15 is 0 Å². The van der Waals surface area contributed by atoms with Crippen LogP contribution in [-0.2, 0) is 6.54 Å². The van der Waals surface area contributed by atoms with E-state index < -0.39 is 0 Å². The van der Waals surface area contributed by atoms with Crippen molar-refractivity contribution in [2.75, 3.05) is 31.1 Å². The zero-order chi connectivity index (χ0) is 18.8. The molecule has 0 bridgehead atoms. The second kappa shape index (κ2) is 7.32. The smallest absolute Gasteiger partial charge is 0.257 e. The molecule has 1 amide bonds. The van der Waals surface area contributed by atoms with Crippen molar-refractivity contribution in [1.29, 1.82) is 0 Å². The molecule has 0 aliphatic carbocycles. The molecule has 27 heavy (non-hydrogen) atoms. The number of halogens is 1. The summed E-state index contributed by atoms with van der Waals surface area (Å²) in [6.07, 6.45) is 1.44. The van der Waals surface area contributed by atoms with Gasteiger partial charge < -0.3 is 20.1 Å². The number of anilines is 1. The molecule has 0 saturated carbocycles. The van der Waals surface area contributed by atoms with Gasteiger partial charge in [-0.05, 0) is 30.7 Å². The predicted molar refractivity (Wildman–Crippen MR) is 99.2 cm³/mol. The molecule has 1 fully saturated rings. The van der Waals surface area contributed by atoms with E-state index in [2.05, 4.69) is 20.8 Å². The van der Waals surface area contributed by atoms with Crippen LogP contribution in [0.25, 0.3) is 11.1 Å². The zero-order valence-electron chi connectivity index (χ0n) is 15.0. The van der Waals surface area contributed by atoms with Gasteiger partial charge in [-0.2, -0.15) is 0 Å². The first-order chi connectivity index (χ1) is 13.1. The summed E-state index contributed by atoms with van der Waals surface area (Å²) in [7, 11) is 0. The molecule has 3 aromatic rings. The number of hydrogen-bond acceptors (Lipinski definition) is 6. The summed E-state index contributed by atoms with van der Waals surface area (Å²) in [5.41, 5.74) is 2.79. The van der Waals surface area contributed by atoms with Crippen molar-refractivity contribution in [1.82, 2.24) is 20.8 Å². The Morgan fingerprint density at radius 3 is 2.93 bits per heavy atom. The molecule has 1 aliphatic heterocycles. The number of pyridine rings is 1. The molecule has 2 aromatic heterocycles. The third-order valence-corrected chi connectivity index (χ3v) is 4.70. The summed E-state index contributed by atoms with van der Waals surface area (Å²) in [4.78, 5) is 18.5. The van der Waals surface area contributed by atoms with E-state index in [1.807, 2.05) is 11.0 Å². The fourth-order valence-corrected chi connectivity index (χ4v) is 3.18. The van der Waals surface area contributed by atoms with Gasteiger partial charge in [-0.3, -0.25) is 4.79 Å². The number of fused-ring (bicyclic) bond motifs is 1. The molecule has 1 saturated heterocycles. The first-order valence-electron chi connectivity index (χ1n) is 8.86. The van der Waals surface area contributed by atoms with E-state index in [-0.39, 0.29) is 18.3 Å². The lowest BCUT2D eigenvalue weighted by Gasteiger charge is -2.29. The van der Waals surface area contributed by atoms with Crippen molar-refractivity contribution in [3.8, 4) is 0 Å². The lowest BCUT2D eigenvalue weighted by atomic mass is 10.1. The quantitative estimate of drug-likeness (QED) is 0.732. The lowest BCUT2D eigenvalue weighted by Crippen LogP contribution is -2.43. The summed E-state index contributed by atoms with van der Waals surface area (Å²) < 4.78 is 19.5. The van der Waals surface area contributed by atoms with Crippen LogP contribution in [0.5, 0.6) is 0 Å². The predicted octanol–water partition coefficient (Wildman–Crippen LogP) is 2.01. The van der Waals surface area contributed by atoms with Crippen molar-refractivity contribution in [2.45, 2.75) is 13.5 Å². The molecule has 0 spiro atoms. The summed E-state index contributed by atoms with van der Waals surface area (Å²) in [6.45, 7) is 5.29. The van der Waals surface area contributed by atoms with E-state index in [1.165, 1.54) is 12.3 Å². The van der Waals surface area contributed by atoms with Crippen LogP contribution in [0.4, 0.5) is 10.1 Å². The van der Waals surface area contributed by atoms with Crippen LogP contribution >= 0.6 is 0 Å². The SMILES string of the molecule is Cc1noc2ncc(C(=O)NCc3ccc(N4CCNCC4)c(F)c3)cc12. The van der Waals surface area contributed by atoms with Gasteiger partial charge in [0.1, 0.15) is 5.82 Å². The Morgan fingerprint density at radius 1 is 1.33 bits per heavy atom. The maximum Gasteiger partial charge on any atom is 0.257 e. The summed E-state index contributed by atoms with van der Waals surface area (Å²) in [6, 6.07) is 6.78. The van der Waals surface area contributed by atoms with Crippen LogP contribution in [0.2, 0.25) is 0 Å². The number of nitrogens with one attached hydrogen (secondary N) is 2. The fourth-order valence-electron chi connectivity index (χ4n) is 3.18. The minimum absolute atomic E-state index is 0.234. The number of nitrogens with zero attached hydrogens (tertiary/aromatic N) is 3. The standard InChI is InChI=1S/C19H20FN5O2/c1-12-15-9-14(11-23-19(15)27-24-12)18(26)22-10-13-2-3-17(16(20)8-13)25-6-4-21-5-7-25/h2-3,8-9,11,21H,4-7,10H2,1H3,(H,22,26). The van der Waals surface area contributed by atoms with Crippen molar-refractivity contribution in [2.24, 2.45) is 0 Å². The van der Waals surface area contributed by atoms with Crippen molar-refractivity contribution < 1.29 is 13.7 Å². The second-order valence-electron chi connectivity index (χ2n) is 6.55. The van der Waals surface area contributed by atoms with Crippen LogP contribution in [-0.4, -0.2) is 42.2 Å². The number of hydrogen-bond donors (Lipinski definition) is 2. The van der Waals surface area contributed by atoms with E-state index in [4.69, 9.17) is 4.52 Å². The number of aromatic nitrogens is 2. The Bertz CT molecular complexity index is 981. The zero-order valence-corrected chi connectivity index (χ0v) is 15.0. The Hall–Kier alpha value is -3.00. The molecule has 1 aromatic carbocycles. The molecule has 3 heterocycles. The molecule has 8 heteroatoms. The van der Waals surface area contributed by atoms with Gasteiger partial charge in [0.15, 0.2) is 0 Å². The highest BCUT2D eigenvalue weighted by Gasteiger charge is 2.15. The Kier molecular flexibility index (Phi) is 4.72. The van der Waals surface area contributed by atoms with Gasteiger partial charge in [0.2, 0.25) is 0 Å². The average molecular weight is 369 g/mol. The Morgan fingerprint density at radius 2 is 2.15 bits per heavy atom. The minimum atomic E-state index is -0.281. The number of piperazine rings is 1. The number of amides is 1. The Labute approximate surface area is 155 Å².